The predicted octanol–water partition coefficient (Wildman–Crippen LogP) is 1.77. The molecule has 0 radical (unpaired) electrons. The number of halogens is 2. The van der Waals surface area contributed by atoms with Crippen LogP contribution < -0.4 is 0 Å². The van der Waals surface area contributed by atoms with Gasteiger partial charge < -0.3 is 14.6 Å². The smallest absolute Gasteiger partial charge is 0.164 e. The van der Waals surface area contributed by atoms with Crippen LogP contribution >= 0.6 is 27.5 Å². The lowest BCUT2D eigenvalue weighted by Crippen LogP contribution is -2.42. The van der Waals surface area contributed by atoms with Crippen LogP contribution in [0, 0.1) is 0 Å². The van der Waals surface area contributed by atoms with Crippen LogP contribution in [0.1, 0.15) is 13.8 Å². The molecule has 2 aliphatic rings. The molecule has 1 fully saturated rings. The summed E-state index contributed by atoms with van der Waals surface area (Å²) < 4.78 is 11.3. The van der Waals surface area contributed by atoms with Gasteiger partial charge in [0.15, 0.2) is 5.79 Å². The van der Waals surface area contributed by atoms with E-state index in [-0.39, 0.29) is 17.0 Å². The highest BCUT2D eigenvalue weighted by molar-refractivity contribution is 9.09. The molecule has 1 saturated heterocycles. The van der Waals surface area contributed by atoms with Gasteiger partial charge in [0.25, 0.3) is 0 Å². The van der Waals surface area contributed by atoms with E-state index in [0.29, 0.717) is 5.03 Å². The molecule has 4 atom stereocenters. The van der Waals surface area contributed by atoms with E-state index in [1.54, 1.807) is 6.08 Å². The summed E-state index contributed by atoms with van der Waals surface area (Å²) in [6.45, 7) is 3.67. The number of hydrogen-bond donors (Lipinski definition) is 1. The Bertz CT molecular complexity index is 279. The number of aliphatic hydroxyl groups is 1. The molecule has 0 unspecified atom stereocenters. The van der Waals surface area contributed by atoms with Gasteiger partial charge in [0.1, 0.15) is 12.2 Å². The summed E-state index contributed by atoms with van der Waals surface area (Å²) in [7, 11) is 0. The number of rotatable bonds is 0. The van der Waals surface area contributed by atoms with Crippen molar-refractivity contribution in [2.75, 3.05) is 0 Å². The minimum atomic E-state index is -0.639. The fraction of sp³-hybridized carbons (Fsp3) is 0.778. The van der Waals surface area contributed by atoms with E-state index in [1.165, 1.54) is 0 Å². The molecule has 1 heterocycles. The molecule has 1 N–H and O–H groups in total. The molecule has 0 saturated carbocycles. The number of hydrogen-bond acceptors (Lipinski definition) is 3. The normalized spacial score (nSPS) is 45.9. The Morgan fingerprint density at radius 1 is 1.50 bits per heavy atom. The first-order valence-corrected chi connectivity index (χ1v) is 5.75. The standard InChI is InChI=1S/C9H12BrClO3/c1-9(2)13-7-4(11)3-5(12)6(10)8(7)14-9/h3,5-8,12H,1-2H3/t5-,6+,7+,8-/m0/s1. The van der Waals surface area contributed by atoms with Crippen LogP contribution in [0.15, 0.2) is 11.1 Å². The second kappa shape index (κ2) is 3.46. The maximum atomic E-state index is 9.62. The number of fused-ring (bicyclic) bond motifs is 1. The van der Waals surface area contributed by atoms with Crippen LogP contribution in [-0.2, 0) is 9.47 Å². The molecule has 80 valence electrons. The van der Waals surface area contributed by atoms with Crippen LogP contribution in [0.4, 0.5) is 0 Å². The van der Waals surface area contributed by atoms with Crippen molar-refractivity contribution in [2.24, 2.45) is 0 Å². The lowest BCUT2D eigenvalue weighted by atomic mass is 9.99. The lowest BCUT2D eigenvalue weighted by Gasteiger charge is -2.28. The summed E-state index contributed by atoms with van der Waals surface area (Å²) >= 11 is 9.36. The lowest BCUT2D eigenvalue weighted by molar-refractivity contribution is -0.143. The number of alkyl halides is 1. The third kappa shape index (κ3) is 1.74. The molecule has 2 rings (SSSR count). The average Bonchev–Trinajstić information content (AvgIpc) is 2.38. The van der Waals surface area contributed by atoms with Gasteiger partial charge in [-0.2, -0.15) is 0 Å². The summed E-state index contributed by atoms with van der Waals surface area (Å²) in [6, 6.07) is 0. The van der Waals surface area contributed by atoms with Crippen molar-refractivity contribution in [1.29, 1.82) is 0 Å². The maximum Gasteiger partial charge on any atom is 0.164 e. The second-order valence-corrected chi connectivity index (χ2v) is 5.50. The van der Waals surface area contributed by atoms with Crippen molar-refractivity contribution in [3.63, 3.8) is 0 Å². The number of ether oxygens (including phenoxy) is 2. The van der Waals surface area contributed by atoms with E-state index in [1.807, 2.05) is 13.8 Å². The average molecular weight is 284 g/mol. The van der Waals surface area contributed by atoms with Gasteiger partial charge in [-0.15, -0.1) is 0 Å². The largest absolute Gasteiger partial charge is 0.388 e. The van der Waals surface area contributed by atoms with Crippen molar-refractivity contribution >= 4 is 27.5 Å². The molecule has 0 spiro atoms. The molecular formula is C9H12BrClO3. The van der Waals surface area contributed by atoms with E-state index < -0.39 is 11.9 Å². The SMILES string of the molecule is CC1(C)O[C@H]2[C@H](Br)[C@@H](O)C=C(Cl)[C@H]2O1. The molecule has 1 aliphatic carbocycles. The predicted molar refractivity (Wildman–Crippen MR) is 56.5 cm³/mol. The summed E-state index contributed by atoms with van der Waals surface area (Å²) in [6.07, 6.45) is 0.477. The third-order valence-corrected chi connectivity index (χ3v) is 3.77. The molecule has 1 aliphatic heterocycles. The van der Waals surface area contributed by atoms with Gasteiger partial charge in [-0.05, 0) is 19.9 Å². The van der Waals surface area contributed by atoms with E-state index in [2.05, 4.69) is 15.9 Å². The number of aliphatic hydroxyl groups excluding tert-OH is 1. The molecule has 3 nitrogen and oxygen atoms in total. The zero-order valence-electron chi connectivity index (χ0n) is 7.91. The first-order chi connectivity index (χ1) is 6.41. The maximum absolute atomic E-state index is 9.62. The Hall–Kier alpha value is 0.390. The molecule has 0 amide bonds. The first kappa shape index (κ1) is 10.9. The third-order valence-electron chi connectivity index (χ3n) is 2.37. The van der Waals surface area contributed by atoms with E-state index in [9.17, 15) is 5.11 Å². The van der Waals surface area contributed by atoms with Gasteiger partial charge >= 0.3 is 0 Å². The first-order valence-electron chi connectivity index (χ1n) is 4.46. The Kier molecular flexibility index (Phi) is 2.69. The Morgan fingerprint density at radius 3 is 2.79 bits per heavy atom. The molecule has 0 aromatic heterocycles. The van der Waals surface area contributed by atoms with Crippen molar-refractivity contribution in [2.45, 2.75) is 42.8 Å². The zero-order valence-corrected chi connectivity index (χ0v) is 10.2. The van der Waals surface area contributed by atoms with Gasteiger partial charge in [0.2, 0.25) is 0 Å². The Balaban J connectivity index is 2.27. The van der Waals surface area contributed by atoms with Crippen LogP contribution in [0.5, 0.6) is 0 Å². The van der Waals surface area contributed by atoms with Crippen LogP contribution in [-0.4, -0.2) is 34.0 Å². The van der Waals surface area contributed by atoms with Gasteiger partial charge in [-0.25, -0.2) is 0 Å². The zero-order chi connectivity index (χ0) is 10.5. The monoisotopic (exact) mass is 282 g/mol. The van der Waals surface area contributed by atoms with E-state index in [4.69, 9.17) is 21.1 Å². The summed E-state index contributed by atoms with van der Waals surface area (Å²) in [4.78, 5) is -0.170. The van der Waals surface area contributed by atoms with Gasteiger partial charge in [0.05, 0.1) is 10.9 Å². The molecule has 14 heavy (non-hydrogen) atoms. The topological polar surface area (TPSA) is 38.7 Å². The van der Waals surface area contributed by atoms with Gasteiger partial charge in [0, 0.05) is 5.03 Å². The van der Waals surface area contributed by atoms with E-state index >= 15 is 0 Å². The fourth-order valence-corrected chi connectivity index (χ4v) is 2.62. The highest BCUT2D eigenvalue weighted by Crippen LogP contribution is 2.40. The Labute approximate surface area is 96.1 Å². The van der Waals surface area contributed by atoms with Crippen molar-refractivity contribution in [3.8, 4) is 0 Å². The minimum Gasteiger partial charge on any atom is -0.388 e. The van der Waals surface area contributed by atoms with Gasteiger partial charge in [-0.1, -0.05) is 27.5 Å². The second-order valence-electron chi connectivity index (χ2n) is 4.01. The fourth-order valence-electron chi connectivity index (χ4n) is 1.78. The molecule has 0 bridgehead atoms. The van der Waals surface area contributed by atoms with Crippen molar-refractivity contribution in [3.05, 3.63) is 11.1 Å². The van der Waals surface area contributed by atoms with Gasteiger partial charge in [-0.3, -0.25) is 0 Å². The highest BCUT2D eigenvalue weighted by Gasteiger charge is 2.49. The highest BCUT2D eigenvalue weighted by atomic mass is 79.9. The summed E-state index contributed by atoms with van der Waals surface area (Å²) in [5.41, 5.74) is 0. The van der Waals surface area contributed by atoms with Crippen LogP contribution in [0.25, 0.3) is 0 Å². The molecular weight excluding hydrogens is 271 g/mol. The Morgan fingerprint density at radius 2 is 2.14 bits per heavy atom. The van der Waals surface area contributed by atoms with Crippen molar-refractivity contribution < 1.29 is 14.6 Å². The quantitative estimate of drug-likeness (QED) is 0.689. The molecule has 0 aromatic carbocycles. The summed E-state index contributed by atoms with van der Waals surface area (Å²) in [5, 5.41) is 10.1. The van der Waals surface area contributed by atoms with Crippen molar-refractivity contribution in [1.82, 2.24) is 0 Å². The molecule has 5 heteroatoms. The minimum absolute atomic E-state index is 0.170. The van der Waals surface area contributed by atoms with E-state index in [0.717, 1.165) is 0 Å². The molecule has 0 aromatic rings. The summed E-state index contributed by atoms with van der Waals surface area (Å²) in [5.74, 6) is -0.639. The van der Waals surface area contributed by atoms with Crippen LogP contribution in [0.2, 0.25) is 0 Å². The van der Waals surface area contributed by atoms with Crippen LogP contribution in [0.3, 0.4) is 0 Å².